The van der Waals surface area contributed by atoms with Gasteiger partial charge in [0.2, 0.25) is 5.91 Å². The first-order valence-electron chi connectivity index (χ1n) is 9.50. The summed E-state index contributed by atoms with van der Waals surface area (Å²) in [6.07, 6.45) is 1.94. The average Bonchev–Trinajstić information content (AvgIpc) is 2.73. The van der Waals surface area contributed by atoms with Crippen LogP contribution in [0.4, 0.5) is 11.4 Å². The molecule has 162 valence electrons. The number of sulfonamides is 1. The van der Waals surface area contributed by atoms with E-state index < -0.39 is 15.9 Å². The third-order valence-electron chi connectivity index (χ3n) is 4.68. The average molecular weight is 475 g/mol. The fourth-order valence-corrected chi connectivity index (χ4v) is 5.24. The van der Waals surface area contributed by atoms with E-state index in [1.165, 1.54) is 0 Å². The predicted octanol–water partition coefficient (Wildman–Crippen LogP) is 5.51. The number of amides is 1. The molecule has 1 N–H and O–H groups in total. The Bertz CT molecular complexity index is 1200. The molecule has 0 aliphatic rings. The molecule has 0 unspecified atom stereocenters. The molecule has 3 rings (SSSR count). The molecule has 0 aliphatic carbocycles. The van der Waals surface area contributed by atoms with E-state index in [4.69, 9.17) is 11.6 Å². The van der Waals surface area contributed by atoms with Crippen LogP contribution in [0.2, 0.25) is 5.02 Å². The van der Waals surface area contributed by atoms with Crippen molar-refractivity contribution in [3.63, 3.8) is 0 Å². The van der Waals surface area contributed by atoms with Gasteiger partial charge in [-0.05, 0) is 74.2 Å². The SMILES string of the molecule is CSc1cccc(NC(=O)CN(c2ccc(Cl)cc2C)S(=O)(=O)c2ccc(C)cc2)c1. The summed E-state index contributed by atoms with van der Waals surface area (Å²) in [5.41, 5.74) is 2.61. The lowest BCUT2D eigenvalue weighted by atomic mass is 10.2. The standard InChI is InChI=1S/C23H23ClN2O3S2/c1-16-7-10-21(11-8-16)31(28,29)26(22-12-9-18(24)13-17(22)2)15-23(27)25-19-5-4-6-20(14-19)30-3/h4-14H,15H2,1-3H3,(H,25,27). The molecule has 0 saturated carbocycles. The van der Waals surface area contributed by atoms with E-state index in [0.717, 1.165) is 14.8 Å². The summed E-state index contributed by atoms with van der Waals surface area (Å²) >= 11 is 7.62. The van der Waals surface area contributed by atoms with E-state index in [-0.39, 0.29) is 11.4 Å². The van der Waals surface area contributed by atoms with Crippen molar-refractivity contribution < 1.29 is 13.2 Å². The van der Waals surface area contributed by atoms with Crippen molar-refractivity contribution in [1.82, 2.24) is 0 Å². The summed E-state index contributed by atoms with van der Waals surface area (Å²) in [6, 6.07) is 18.8. The lowest BCUT2D eigenvalue weighted by Crippen LogP contribution is -2.38. The van der Waals surface area contributed by atoms with Crippen molar-refractivity contribution in [3.05, 3.63) is 82.9 Å². The van der Waals surface area contributed by atoms with Crippen molar-refractivity contribution in [1.29, 1.82) is 0 Å². The summed E-state index contributed by atoms with van der Waals surface area (Å²) in [7, 11) is -3.98. The highest BCUT2D eigenvalue weighted by molar-refractivity contribution is 7.98. The zero-order valence-electron chi connectivity index (χ0n) is 17.4. The molecule has 0 aromatic heterocycles. The van der Waals surface area contributed by atoms with Gasteiger partial charge in [-0.25, -0.2) is 8.42 Å². The van der Waals surface area contributed by atoms with Gasteiger partial charge in [-0.15, -0.1) is 11.8 Å². The minimum atomic E-state index is -3.98. The van der Waals surface area contributed by atoms with Crippen LogP contribution in [0.5, 0.6) is 0 Å². The van der Waals surface area contributed by atoms with E-state index in [1.807, 2.05) is 31.4 Å². The molecule has 0 spiro atoms. The first kappa shape index (κ1) is 23.2. The maximum atomic E-state index is 13.5. The molecule has 0 atom stereocenters. The monoisotopic (exact) mass is 474 g/mol. The number of nitrogens with zero attached hydrogens (tertiary/aromatic N) is 1. The Labute approximate surface area is 192 Å². The molecule has 5 nitrogen and oxygen atoms in total. The Balaban J connectivity index is 1.97. The van der Waals surface area contributed by atoms with Gasteiger partial charge in [-0.1, -0.05) is 35.4 Å². The van der Waals surface area contributed by atoms with E-state index in [0.29, 0.717) is 22.0 Å². The van der Waals surface area contributed by atoms with Crippen LogP contribution in [0.15, 0.2) is 76.5 Å². The maximum absolute atomic E-state index is 13.5. The molecule has 0 fully saturated rings. The number of nitrogens with one attached hydrogen (secondary N) is 1. The van der Waals surface area contributed by atoms with Gasteiger partial charge in [0.1, 0.15) is 6.54 Å². The van der Waals surface area contributed by atoms with E-state index in [9.17, 15) is 13.2 Å². The van der Waals surface area contributed by atoms with Gasteiger partial charge in [0, 0.05) is 15.6 Å². The van der Waals surface area contributed by atoms with Gasteiger partial charge in [0.05, 0.1) is 10.6 Å². The van der Waals surface area contributed by atoms with Crippen LogP contribution >= 0.6 is 23.4 Å². The fraction of sp³-hybridized carbons (Fsp3) is 0.174. The number of halogens is 1. The third-order valence-corrected chi connectivity index (χ3v) is 7.41. The molecule has 0 saturated heterocycles. The minimum Gasteiger partial charge on any atom is -0.324 e. The molecule has 0 bridgehead atoms. The highest BCUT2D eigenvalue weighted by Gasteiger charge is 2.28. The zero-order chi connectivity index (χ0) is 22.6. The molecular formula is C23H23ClN2O3S2. The van der Waals surface area contributed by atoms with E-state index in [2.05, 4.69) is 5.32 Å². The van der Waals surface area contributed by atoms with Crippen molar-refractivity contribution in [3.8, 4) is 0 Å². The summed E-state index contributed by atoms with van der Waals surface area (Å²) < 4.78 is 28.1. The number of thioether (sulfide) groups is 1. The quantitative estimate of drug-likeness (QED) is 0.458. The highest BCUT2D eigenvalue weighted by atomic mass is 35.5. The molecular weight excluding hydrogens is 452 g/mol. The maximum Gasteiger partial charge on any atom is 0.264 e. The lowest BCUT2D eigenvalue weighted by Gasteiger charge is -2.26. The summed E-state index contributed by atoms with van der Waals surface area (Å²) in [5.74, 6) is -0.441. The fourth-order valence-electron chi connectivity index (χ4n) is 3.07. The van der Waals surface area contributed by atoms with Crippen molar-refractivity contribution >= 4 is 50.7 Å². The van der Waals surface area contributed by atoms with Gasteiger partial charge in [0.25, 0.3) is 10.0 Å². The number of aryl methyl sites for hydroxylation is 2. The van der Waals surface area contributed by atoms with E-state index >= 15 is 0 Å². The summed E-state index contributed by atoms with van der Waals surface area (Å²) in [5, 5.41) is 3.29. The van der Waals surface area contributed by atoms with Crippen molar-refractivity contribution in [2.24, 2.45) is 0 Å². The van der Waals surface area contributed by atoms with Crippen LogP contribution in [0, 0.1) is 13.8 Å². The van der Waals surface area contributed by atoms with Crippen LogP contribution in [-0.4, -0.2) is 27.1 Å². The van der Waals surface area contributed by atoms with Crippen molar-refractivity contribution in [2.75, 3.05) is 22.4 Å². The predicted molar refractivity (Wildman–Crippen MR) is 129 cm³/mol. The molecule has 1 amide bonds. The Kier molecular flexibility index (Phi) is 7.30. The number of rotatable bonds is 7. The van der Waals surface area contributed by atoms with Crippen LogP contribution in [0.25, 0.3) is 0 Å². The van der Waals surface area contributed by atoms with Gasteiger partial charge < -0.3 is 5.32 Å². The Hall–Kier alpha value is -2.48. The topological polar surface area (TPSA) is 66.5 Å². The highest BCUT2D eigenvalue weighted by Crippen LogP contribution is 2.29. The molecule has 3 aromatic carbocycles. The smallest absolute Gasteiger partial charge is 0.264 e. The zero-order valence-corrected chi connectivity index (χ0v) is 19.8. The second-order valence-electron chi connectivity index (χ2n) is 7.04. The second kappa shape index (κ2) is 9.77. The molecule has 0 aliphatic heterocycles. The lowest BCUT2D eigenvalue weighted by molar-refractivity contribution is -0.114. The van der Waals surface area contributed by atoms with Crippen LogP contribution < -0.4 is 9.62 Å². The van der Waals surface area contributed by atoms with Gasteiger partial charge >= 0.3 is 0 Å². The molecule has 0 radical (unpaired) electrons. The van der Waals surface area contributed by atoms with Crippen LogP contribution in [0.3, 0.4) is 0 Å². The number of benzene rings is 3. The number of carbonyl (C=O) groups is 1. The normalized spacial score (nSPS) is 11.2. The van der Waals surface area contributed by atoms with Gasteiger partial charge in [-0.3, -0.25) is 9.10 Å². The van der Waals surface area contributed by atoms with E-state index in [1.54, 1.807) is 67.2 Å². The Morgan fingerprint density at radius 1 is 1.03 bits per heavy atom. The number of carbonyl (C=O) groups excluding carboxylic acids is 1. The first-order valence-corrected chi connectivity index (χ1v) is 12.5. The largest absolute Gasteiger partial charge is 0.324 e. The Morgan fingerprint density at radius 2 is 1.74 bits per heavy atom. The van der Waals surface area contributed by atoms with Crippen LogP contribution in [-0.2, 0) is 14.8 Å². The van der Waals surface area contributed by atoms with Gasteiger partial charge in [0.15, 0.2) is 0 Å². The van der Waals surface area contributed by atoms with Gasteiger partial charge in [-0.2, -0.15) is 0 Å². The summed E-state index contributed by atoms with van der Waals surface area (Å²) in [4.78, 5) is 14.0. The first-order chi connectivity index (χ1) is 14.7. The molecule has 3 aromatic rings. The number of hydrogen-bond donors (Lipinski definition) is 1. The number of anilines is 2. The summed E-state index contributed by atoms with van der Waals surface area (Å²) in [6.45, 7) is 3.27. The molecule has 0 heterocycles. The number of hydrogen-bond acceptors (Lipinski definition) is 4. The van der Waals surface area contributed by atoms with Crippen molar-refractivity contribution in [2.45, 2.75) is 23.6 Å². The molecule has 31 heavy (non-hydrogen) atoms. The minimum absolute atomic E-state index is 0.115. The van der Waals surface area contributed by atoms with Crippen LogP contribution in [0.1, 0.15) is 11.1 Å². The third kappa shape index (κ3) is 5.61. The Morgan fingerprint density at radius 3 is 2.39 bits per heavy atom. The molecule has 8 heteroatoms. The second-order valence-corrected chi connectivity index (χ2v) is 10.2.